The molecule has 2 aliphatic rings. The van der Waals surface area contributed by atoms with E-state index in [1.54, 1.807) is 59.4 Å². The van der Waals surface area contributed by atoms with Crippen molar-refractivity contribution in [3.05, 3.63) is 89.2 Å². The lowest BCUT2D eigenvalue weighted by Gasteiger charge is -2.33. The fraction of sp³-hybridized carbons (Fsp3) is 0.231. The third-order valence-corrected chi connectivity index (χ3v) is 7.62. The van der Waals surface area contributed by atoms with Crippen LogP contribution in [0.5, 0.6) is 5.75 Å². The number of amides is 3. The first-order valence-corrected chi connectivity index (χ1v) is 12.0. The summed E-state index contributed by atoms with van der Waals surface area (Å²) in [6, 6.07) is 18.9. The maximum atomic E-state index is 14.5. The van der Waals surface area contributed by atoms with Gasteiger partial charge >= 0.3 is 6.03 Å². The molecule has 3 amide bonds. The molecule has 3 aromatic rings. The molecule has 1 atom stereocenters. The molecular weight excluding hydrogens is 453 g/mol. The van der Waals surface area contributed by atoms with Crippen molar-refractivity contribution < 1.29 is 18.7 Å². The molecular formula is C26H24FN3O3S. The van der Waals surface area contributed by atoms with E-state index in [4.69, 9.17) is 4.74 Å². The van der Waals surface area contributed by atoms with Gasteiger partial charge in [-0.05, 0) is 31.2 Å². The van der Waals surface area contributed by atoms with Crippen LogP contribution >= 0.6 is 11.8 Å². The number of anilines is 2. The van der Waals surface area contributed by atoms with Gasteiger partial charge in [-0.3, -0.25) is 9.69 Å². The number of aryl methyl sites for hydroxylation is 1. The highest BCUT2D eigenvalue weighted by Crippen LogP contribution is 2.54. The summed E-state index contributed by atoms with van der Waals surface area (Å²) < 4.78 is 19.7. The summed E-state index contributed by atoms with van der Waals surface area (Å²) in [5.41, 5.74) is 3.45. The fourth-order valence-electron chi connectivity index (χ4n) is 4.57. The van der Waals surface area contributed by atoms with Crippen LogP contribution in [0.3, 0.4) is 0 Å². The topological polar surface area (TPSA) is 61.9 Å². The minimum atomic E-state index is -1.20. The van der Waals surface area contributed by atoms with Crippen LogP contribution in [-0.2, 0) is 16.2 Å². The number of benzene rings is 3. The zero-order chi connectivity index (χ0) is 23.9. The maximum Gasteiger partial charge on any atom is 0.323 e. The second-order valence-electron chi connectivity index (χ2n) is 8.31. The molecule has 0 unspecified atom stereocenters. The fourth-order valence-corrected chi connectivity index (χ4v) is 6.03. The van der Waals surface area contributed by atoms with Gasteiger partial charge in [0.05, 0.1) is 19.3 Å². The van der Waals surface area contributed by atoms with Crippen LogP contribution in [0.15, 0.2) is 66.7 Å². The first-order valence-electron chi connectivity index (χ1n) is 11.0. The molecule has 1 spiro atoms. The number of ether oxygens (including phenoxy) is 1. The molecule has 8 heteroatoms. The van der Waals surface area contributed by atoms with Gasteiger partial charge in [0, 0.05) is 35.2 Å². The van der Waals surface area contributed by atoms with E-state index in [-0.39, 0.29) is 24.3 Å². The highest BCUT2D eigenvalue weighted by atomic mass is 32.2. The largest absolute Gasteiger partial charge is 0.497 e. The molecule has 2 heterocycles. The lowest BCUT2D eigenvalue weighted by Crippen LogP contribution is -2.51. The molecule has 0 radical (unpaired) electrons. The van der Waals surface area contributed by atoms with Crippen molar-refractivity contribution in [3.63, 3.8) is 0 Å². The van der Waals surface area contributed by atoms with Gasteiger partial charge < -0.3 is 15.0 Å². The SMILES string of the molecule is COc1cccc(NC(=O)N2CCS[C@@]23C(=O)N(Cc2ccccc2F)c2ccc(C)cc23)c1. The number of urea groups is 1. The third-order valence-electron chi connectivity index (χ3n) is 6.20. The van der Waals surface area contributed by atoms with E-state index in [1.807, 2.05) is 25.1 Å². The van der Waals surface area contributed by atoms with Gasteiger partial charge in [-0.2, -0.15) is 0 Å². The van der Waals surface area contributed by atoms with Crippen LogP contribution < -0.4 is 15.0 Å². The smallest absolute Gasteiger partial charge is 0.323 e. The number of nitrogens with one attached hydrogen (secondary N) is 1. The summed E-state index contributed by atoms with van der Waals surface area (Å²) in [5.74, 6) is 0.631. The highest BCUT2D eigenvalue weighted by Gasteiger charge is 2.59. The van der Waals surface area contributed by atoms with Crippen molar-refractivity contribution in [2.24, 2.45) is 0 Å². The van der Waals surface area contributed by atoms with Gasteiger partial charge in [0.2, 0.25) is 0 Å². The Morgan fingerprint density at radius 1 is 1.15 bits per heavy atom. The average Bonchev–Trinajstić information content (AvgIpc) is 3.38. The Kier molecular flexibility index (Phi) is 5.69. The molecule has 174 valence electrons. The quantitative estimate of drug-likeness (QED) is 0.566. The van der Waals surface area contributed by atoms with Gasteiger partial charge in [0.15, 0.2) is 4.87 Å². The molecule has 0 saturated carbocycles. The Morgan fingerprint density at radius 2 is 1.97 bits per heavy atom. The van der Waals surface area contributed by atoms with E-state index in [9.17, 15) is 14.0 Å². The van der Waals surface area contributed by atoms with Crippen LogP contribution in [0.25, 0.3) is 0 Å². The zero-order valence-corrected chi connectivity index (χ0v) is 19.7. The number of carbonyl (C=O) groups excluding carboxylic acids is 2. The molecule has 6 nitrogen and oxygen atoms in total. The number of halogens is 1. The van der Waals surface area contributed by atoms with E-state index in [0.29, 0.717) is 35.0 Å². The van der Waals surface area contributed by atoms with E-state index in [1.165, 1.54) is 17.8 Å². The summed E-state index contributed by atoms with van der Waals surface area (Å²) in [5, 5.41) is 2.91. The number of nitrogens with zero attached hydrogens (tertiary/aromatic N) is 2. The summed E-state index contributed by atoms with van der Waals surface area (Å²) in [6.45, 7) is 2.46. The van der Waals surface area contributed by atoms with E-state index in [0.717, 1.165) is 11.1 Å². The molecule has 1 N–H and O–H groups in total. The molecule has 0 aromatic heterocycles. The monoisotopic (exact) mass is 477 g/mol. The Morgan fingerprint density at radius 3 is 2.76 bits per heavy atom. The lowest BCUT2D eigenvalue weighted by molar-refractivity contribution is -0.123. The average molecular weight is 478 g/mol. The van der Waals surface area contributed by atoms with Gasteiger partial charge in [-0.15, -0.1) is 11.8 Å². The molecule has 1 saturated heterocycles. The molecule has 0 aliphatic carbocycles. The molecule has 0 bridgehead atoms. The second-order valence-corrected chi connectivity index (χ2v) is 9.60. The number of carbonyl (C=O) groups is 2. The Labute approximate surface area is 201 Å². The van der Waals surface area contributed by atoms with Crippen molar-refractivity contribution in [1.82, 2.24) is 4.90 Å². The lowest BCUT2D eigenvalue weighted by atomic mass is 10.0. The highest BCUT2D eigenvalue weighted by molar-refractivity contribution is 8.01. The minimum absolute atomic E-state index is 0.0925. The normalized spacial score (nSPS) is 19.0. The third kappa shape index (κ3) is 3.58. The van der Waals surface area contributed by atoms with Crippen molar-refractivity contribution in [2.45, 2.75) is 18.3 Å². The number of thioether (sulfide) groups is 1. The predicted octanol–water partition coefficient (Wildman–Crippen LogP) is 5.12. The Balaban J connectivity index is 1.53. The Bertz CT molecular complexity index is 1280. The Hall–Kier alpha value is -3.52. The van der Waals surface area contributed by atoms with E-state index >= 15 is 0 Å². The minimum Gasteiger partial charge on any atom is -0.497 e. The summed E-state index contributed by atoms with van der Waals surface area (Å²) in [6.07, 6.45) is 0. The molecule has 2 aliphatic heterocycles. The first kappa shape index (κ1) is 22.3. The zero-order valence-electron chi connectivity index (χ0n) is 18.9. The van der Waals surface area contributed by atoms with E-state index in [2.05, 4.69) is 5.32 Å². The number of methoxy groups -OCH3 is 1. The van der Waals surface area contributed by atoms with Gasteiger partial charge in [0.1, 0.15) is 11.6 Å². The standard InChI is InChI=1S/C26H24FN3O3S/c1-17-10-11-23-21(14-17)26(24(31)29(23)16-18-6-3-4-9-22(18)27)30(12-13-34-26)25(32)28-19-7-5-8-20(15-19)33-2/h3-11,14-15H,12-13,16H2,1-2H3,(H,28,32)/t26-/m0/s1. The molecule has 1 fully saturated rings. The number of hydrogen-bond acceptors (Lipinski definition) is 4. The first-order chi connectivity index (χ1) is 16.4. The van der Waals surface area contributed by atoms with Gasteiger partial charge in [0.25, 0.3) is 5.91 Å². The van der Waals surface area contributed by atoms with Crippen molar-refractivity contribution in [3.8, 4) is 5.75 Å². The van der Waals surface area contributed by atoms with E-state index < -0.39 is 4.87 Å². The van der Waals surface area contributed by atoms with Crippen LogP contribution in [0.1, 0.15) is 16.7 Å². The van der Waals surface area contributed by atoms with Crippen LogP contribution in [0.4, 0.5) is 20.6 Å². The van der Waals surface area contributed by atoms with Gasteiger partial charge in [-0.25, -0.2) is 9.18 Å². The molecule has 34 heavy (non-hydrogen) atoms. The number of fused-ring (bicyclic) bond motifs is 2. The number of hydrogen-bond donors (Lipinski definition) is 1. The van der Waals surface area contributed by atoms with Gasteiger partial charge in [-0.1, -0.05) is 42.0 Å². The number of rotatable bonds is 4. The summed E-state index contributed by atoms with van der Waals surface area (Å²) in [4.78, 5) is 29.5. The maximum absolute atomic E-state index is 14.5. The molecule has 3 aromatic carbocycles. The second kappa shape index (κ2) is 8.68. The summed E-state index contributed by atoms with van der Waals surface area (Å²) >= 11 is 1.44. The van der Waals surface area contributed by atoms with Crippen LogP contribution in [0, 0.1) is 12.7 Å². The van der Waals surface area contributed by atoms with Crippen LogP contribution in [-0.4, -0.2) is 36.2 Å². The van der Waals surface area contributed by atoms with Crippen molar-refractivity contribution in [2.75, 3.05) is 29.6 Å². The van der Waals surface area contributed by atoms with Crippen LogP contribution in [0.2, 0.25) is 0 Å². The van der Waals surface area contributed by atoms with Crippen molar-refractivity contribution in [1.29, 1.82) is 0 Å². The molecule has 5 rings (SSSR count). The summed E-state index contributed by atoms with van der Waals surface area (Å²) in [7, 11) is 1.56. The predicted molar refractivity (Wildman–Crippen MR) is 132 cm³/mol. The van der Waals surface area contributed by atoms with Crippen molar-refractivity contribution >= 4 is 35.1 Å².